The highest BCUT2D eigenvalue weighted by molar-refractivity contribution is 7.99. The van der Waals surface area contributed by atoms with Gasteiger partial charge in [-0.3, -0.25) is 4.79 Å². The first-order valence-corrected chi connectivity index (χ1v) is 13.0. The van der Waals surface area contributed by atoms with Crippen molar-refractivity contribution in [1.82, 2.24) is 14.8 Å². The zero-order valence-electron chi connectivity index (χ0n) is 20.4. The molecule has 0 saturated heterocycles. The van der Waals surface area contributed by atoms with Gasteiger partial charge in [-0.15, -0.1) is 21.5 Å². The number of hydrogen-bond donors (Lipinski definition) is 1. The van der Waals surface area contributed by atoms with Gasteiger partial charge in [0.2, 0.25) is 5.91 Å². The van der Waals surface area contributed by atoms with Crippen molar-refractivity contribution in [2.24, 2.45) is 7.05 Å². The molecule has 1 amide bonds. The van der Waals surface area contributed by atoms with E-state index in [1.165, 1.54) is 35.8 Å². The normalized spacial score (nSPS) is 10.8. The largest absolute Gasteiger partial charge is 0.486 e. The Morgan fingerprint density at radius 2 is 1.86 bits per heavy atom. The van der Waals surface area contributed by atoms with E-state index in [9.17, 15) is 9.59 Å². The van der Waals surface area contributed by atoms with Crippen LogP contribution in [0.4, 0.5) is 5.00 Å². The minimum Gasteiger partial charge on any atom is -0.486 e. The second-order valence-corrected chi connectivity index (χ2v) is 9.86. The Morgan fingerprint density at radius 1 is 1.08 bits per heavy atom. The number of aryl methyl sites for hydroxylation is 2. The Hall–Kier alpha value is -3.63. The molecule has 0 radical (unpaired) electrons. The van der Waals surface area contributed by atoms with E-state index in [1.54, 1.807) is 4.57 Å². The van der Waals surface area contributed by atoms with Crippen molar-refractivity contribution in [3.05, 3.63) is 76.4 Å². The summed E-state index contributed by atoms with van der Waals surface area (Å²) in [7, 11) is 3.16. The minimum absolute atomic E-state index is 0.100. The van der Waals surface area contributed by atoms with E-state index in [4.69, 9.17) is 9.47 Å². The highest BCUT2D eigenvalue weighted by Crippen LogP contribution is 2.36. The van der Waals surface area contributed by atoms with Crippen LogP contribution >= 0.6 is 23.1 Å². The summed E-state index contributed by atoms with van der Waals surface area (Å²) in [6.45, 7) is 4.36. The van der Waals surface area contributed by atoms with Crippen LogP contribution in [-0.2, 0) is 23.2 Å². The summed E-state index contributed by atoms with van der Waals surface area (Å²) in [6.07, 6.45) is 0. The fraction of sp³-hybridized carbons (Fsp3) is 0.231. The molecule has 0 atom stereocenters. The number of benzene rings is 2. The van der Waals surface area contributed by atoms with Crippen LogP contribution in [0.25, 0.3) is 11.1 Å². The maximum atomic E-state index is 12.7. The molecular weight excluding hydrogens is 496 g/mol. The van der Waals surface area contributed by atoms with Crippen molar-refractivity contribution >= 4 is 40.0 Å². The molecule has 186 valence electrons. The molecular formula is C26H26N4O4S2. The standard InChI is InChI=1S/C26H26N4O4S2/c1-16-10-11-19(12-17(16)2)34-13-21-28-29-26(30(21)3)36-15-22(31)27-24-23(25(32)33-4)20(14-35-24)18-8-6-5-7-9-18/h5-12,14H,13,15H2,1-4H3,(H,27,31). The Labute approximate surface area is 217 Å². The highest BCUT2D eigenvalue weighted by atomic mass is 32.2. The number of nitrogens with one attached hydrogen (secondary N) is 1. The van der Waals surface area contributed by atoms with E-state index < -0.39 is 5.97 Å². The number of amides is 1. The van der Waals surface area contributed by atoms with Crippen molar-refractivity contribution in [2.45, 2.75) is 25.6 Å². The van der Waals surface area contributed by atoms with Gasteiger partial charge in [0, 0.05) is 18.0 Å². The zero-order chi connectivity index (χ0) is 25.7. The second-order valence-electron chi connectivity index (χ2n) is 8.04. The first-order valence-electron chi connectivity index (χ1n) is 11.1. The lowest BCUT2D eigenvalue weighted by atomic mass is 10.0. The van der Waals surface area contributed by atoms with Gasteiger partial charge in [0.1, 0.15) is 22.9 Å². The van der Waals surface area contributed by atoms with Crippen LogP contribution in [0.1, 0.15) is 27.3 Å². The van der Waals surface area contributed by atoms with Gasteiger partial charge in [0.05, 0.1) is 12.9 Å². The van der Waals surface area contributed by atoms with E-state index in [0.717, 1.165) is 22.4 Å². The van der Waals surface area contributed by atoms with E-state index in [0.29, 0.717) is 21.5 Å². The number of hydrogen-bond acceptors (Lipinski definition) is 8. The fourth-order valence-corrected chi connectivity index (χ4v) is 5.13. The maximum absolute atomic E-state index is 12.7. The summed E-state index contributed by atoms with van der Waals surface area (Å²) in [6, 6.07) is 15.4. The Kier molecular flexibility index (Phi) is 8.07. The average molecular weight is 523 g/mol. The number of aromatic nitrogens is 3. The summed E-state index contributed by atoms with van der Waals surface area (Å²) < 4.78 is 12.6. The van der Waals surface area contributed by atoms with Crippen LogP contribution < -0.4 is 10.1 Å². The predicted octanol–water partition coefficient (Wildman–Crippen LogP) is 5.26. The Bertz CT molecular complexity index is 1380. The van der Waals surface area contributed by atoms with Gasteiger partial charge in [-0.05, 0) is 42.7 Å². The zero-order valence-corrected chi connectivity index (χ0v) is 22.0. The first kappa shape index (κ1) is 25.5. The van der Waals surface area contributed by atoms with Crippen LogP contribution in [0, 0.1) is 13.8 Å². The lowest BCUT2D eigenvalue weighted by Crippen LogP contribution is -2.16. The van der Waals surface area contributed by atoms with Gasteiger partial charge >= 0.3 is 5.97 Å². The summed E-state index contributed by atoms with van der Waals surface area (Å²) >= 11 is 2.54. The third-order valence-corrected chi connectivity index (χ3v) is 7.54. The molecule has 0 aliphatic heterocycles. The summed E-state index contributed by atoms with van der Waals surface area (Å²) in [4.78, 5) is 25.2. The van der Waals surface area contributed by atoms with Crippen molar-refractivity contribution in [3.8, 4) is 16.9 Å². The number of thioether (sulfide) groups is 1. The monoisotopic (exact) mass is 522 g/mol. The Morgan fingerprint density at radius 3 is 2.58 bits per heavy atom. The van der Waals surface area contributed by atoms with Crippen molar-refractivity contribution < 1.29 is 19.1 Å². The van der Waals surface area contributed by atoms with Gasteiger partial charge in [-0.2, -0.15) is 0 Å². The number of methoxy groups -OCH3 is 1. The molecule has 8 nitrogen and oxygen atoms in total. The van der Waals surface area contributed by atoms with Crippen LogP contribution in [0.15, 0.2) is 59.1 Å². The molecule has 2 heterocycles. The van der Waals surface area contributed by atoms with E-state index in [1.807, 2.05) is 67.9 Å². The topological polar surface area (TPSA) is 95.3 Å². The number of nitrogens with zero attached hydrogens (tertiary/aromatic N) is 3. The first-order chi connectivity index (χ1) is 17.4. The SMILES string of the molecule is COC(=O)c1c(-c2ccccc2)csc1NC(=O)CSc1nnc(COc2ccc(C)c(C)c2)n1C. The second kappa shape index (κ2) is 11.4. The molecule has 0 bridgehead atoms. The molecule has 0 aliphatic carbocycles. The third-order valence-electron chi connectivity index (χ3n) is 5.62. The van der Waals surface area contributed by atoms with E-state index in [2.05, 4.69) is 22.4 Å². The molecule has 4 aromatic rings. The van der Waals surface area contributed by atoms with E-state index >= 15 is 0 Å². The predicted molar refractivity (Wildman–Crippen MR) is 142 cm³/mol. The number of thiophene rings is 1. The van der Waals surface area contributed by atoms with Gasteiger partial charge in [-0.25, -0.2) is 4.79 Å². The maximum Gasteiger partial charge on any atom is 0.341 e. The summed E-state index contributed by atoms with van der Waals surface area (Å²) in [5, 5.41) is 14.1. The molecule has 0 fully saturated rings. The van der Waals surface area contributed by atoms with Crippen LogP contribution in [0.5, 0.6) is 5.75 Å². The van der Waals surface area contributed by atoms with Gasteiger partial charge in [0.25, 0.3) is 0 Å². The summed E-state index contributed by atoms with van der Waals surface area (Å²) in [5.74, 6) is 0.752. The van der Waals surface area contributed by atoms with Crippen LogP contribution in [0.2, 0.25) is 0 Å². The van der Waals surface area contributed by atoms with Crippen molar-refractivity contribution in [2.75, 3.05) is 18.2 Å². The molecule has 0 saturated carbocycles. The number of carbonyl (C=O) groups excluding carboxylic acids is 2. The third kappa shape index (κ3) is 5.77. The molecule has 10 heteroatoms. The lowest BCUT2D eigenvalue weighted by Gasteiger charge is -2.09. The fourth-order valence-electron chi connectivity index (χ4n) is 3.43. The minimum atomic E-state index is -0.500. The Balaban J connectivity index is 1.39. The molecule has 2 aromatic carbocycles. The number of esters is 1. The average Bonchev–Trinajstić information content (AvgIpc) is 3.46. The number of anilines is 1. The molecule has 36 heavy (non-hydrogen) atoms. The van der Waals surface area contributed by atoms with Gasteiger partial charge in [0.15, 0.2) is 11.0 Å². The molecule has 2 aromatic heterocycles. The number of ether oxygens (including phenoxy) is 2. The molecule has 4 rings (SSSR count). The van der Waals surface area contributed by atoms with E-state index in [-0.39, 0.29) is 18.3 Å². The highest BCUT2D eigenvalue weighted by Gasteiger charge is 2.22. The quantitative estimate of drug-likeness (QED) is 0.237. The smallest absolute Gasteiger partial charge is 0.341 e. The van der Waals surface area contributed by atoms with Crippen molar-refractivity contribution in [1.29, 1.82) is 0 Å². The summed E-state index contributed by atoms with van der Waals surface area (Å²) in [5.41, 5.74) is 4.30. The van der Waals surface area contributed by atoms with Crippen LogP contribution in [-0.4, -0.2) is 39.5 Å². The van der Waals surface area contributed by atoms with Crippen LogP contribution in [0.3, 0.4) is 0 Å². The molecule has 0 aliphatic rings. The number of rotatable bonds is 9. The number of carbonyl (C=O) groups is 2. The molecule has 1 N–H and O–H groups in total. The van der Waals surface area contributed by atoms with Gasteiger partial charge in [-0.1, -0.05) is 48.2 Å². The molecule has 0 unspecified atom stereocenters. The van der Waals surface area contributed by atoms with Gasteiger partial charge < -0.3 is 19.4 Å². The lowest BCUT2D eigenvalue weighted by molar-refractivity contribution is -0.113. The molecule has 0 spiro atoms. The van der Waals surface area contributed by atoms with Crippen molar-refractivity contribution in [3.63, 3.8) is 0 Å².